The van der Waals surface area contributed by atoms with Crippen molar-refractivity contribution in [3.05, 3.63) is 22.4 Å². The number of aryl methyl sites for hydroxylation is 1. The molecule has 1 aromatic heterocycles. The number of nitrogens with one attached hydrogen (secondary N) is 1. The van der Waals surface area contributed by atoms with Crippen LogP contribution in [0.25, 0.3) is 0 Å². The van der Waals surface area contributed by atoms with Gasteiger partial charge in [0.2, 0.25) is 0 Å². The van der Waals surface area contributed by atoms with Crippen LogP contribution >= 0.6 is 11.3 Å². The van der Waals surface area contributed by atoms with Gasteiger partial charge >= 0.3 is 0 Å². The van der Waals surface area contributed by atoms with Crippen molar-refractivity contribution in [1.29, 1.82) is 0 Å². The number of ether oxygens (including phenoxy) is 1. The summed E-state index contributed by atoms with van der Waals surface area (Å²) in [7, 11) is 0. The van der Waals surface area contributed by atoms with Gasteiger partial charge in [0.25, 0.3) is 0 Å². The van der Waals surface area contributed by atoms with Gasteiger partial charge < -0.3 is 10.1 Å². The van der Waals surface area contributed by atoms with Crippen molar-refractivity contribution in [2.45, 2.75) is 58.8 Å². The number of rotatable bonds is 6. The molecular weight excluding hydrogens is 254 g/mol. The summed E-state index contributed by atoms with van der Waals surface area (Å²) >= 11 is 1.79. The topological polar surface area (TPSA) is 21.3 Å². The van der Waals surface area contributed by atoms with E-state index in [0.29, 0.717) is 30.1 Å². The molecule has 1 saturated heterocycles. The van der Waals surface area contributed by atoms with E-state index in [1.54, 1.807) is 11.3 Å². The van der Waals surface area contributed by atoms with Crippen molar-refractivity contribution in [3.8, 4) is 0 Å². The van der Waals surface area contributed by atoms with Gasteiger partial charge in [0.05, 0.1) is 12.2 Å². The molecule has 2 nitrogen and oxygen atoms in total. The summed E-state index contributed by atoms with van der Waals surface area (Å²) in [5, 5.41) is 8.13. The van der Waals surface area contributed by atoms with Gasteiger partial charge in [-0.25, -0.2) is 0 Å². The van der Waals surface area contributed by atoms with E-state index < -0.39 is 0 Å². The first-order valence-corrected chi connectivity index (χ1v) is 8.47. The third kappa shape index (κ3) is 3.59. The van der Waals surface area contributed by atoms with Crippen LogP contribution < -0.4 is 5.32 Å². The summed E-state index contributed by atoms with van der Waals surface area (Å²) in [6, 6.07) is 2.81. The van der Waals surface area contributed by atoms with Crippen LogP contribution in [-0.2, 0) is 11.2 Å². The van der Waals surface area contributed by atoms with Crippen LogP contribution in [0.5, 0.6) is 0 Å². The van der Waals surface area contributed by atoms with Gasteiger partial charge in [0, 0.05) is 12.0 Å². The van der Waals surface area contributed by atoms with Crippen LogP contribution in [0.15, 0.2) is 16.8 Å². The molecule has 0 aromatic carbocycles. The van der Waals surface area contributed by atoms with Crippen molar-refractivity contribution < 1.29 is 4.74 Å². The summed E-state index contributed by atoms with van der Waals surface area (Å²) in [5.41, 5.74) is 1.47. The van der Waals surface area contributed by atoms with Crippen molar-refractivity contribution in [2.75, 3.05) is 6.54 Å². The Labute approximate surface area is 121 Å². The molecule has 0 bridgehead atoms. The fourth-order valence-electron chi connectivity index (χ4n) is 3.44. The molecule has 0 amide bonds. The van der Waals surface area contributed by atoms with Crippen LogP contribution in [0, 0.1) is 11.8 Å². The molecule has 1 fully saturated rings. The summed E-state index contributed by atoms with van der Waals surface area (Å²) in [4.78, 5) is 0. The highest BCUT2D eigenvalue weighted by molar-refractivity contribution is 7.07. The maximum Gasteiger partial charge on any atom is 0.0597 e. The average Bonchev–Trinajstić information content (AvgIpc) is 2.96. The van der Waals surface area contributed by atoms with Gasteiger partial charge in [0.1, 0.15) is 0 Å². The van der Waals surface area contributed by atoms with Crippen LogP contribution in [0.1, 0.15) is 39.7 Å². The molecule has 0 spiro atoms. The predicted molar refractivity (Wildman–Crippen MR) is 82.8 cm³/mol. The normalized spacial score (nSPS) is 32.6. The molecule has 0 radical (unpaired) electrons. The third-order valence-electron chi connectivity index (χ3n) is 4.57. The summed E-state index contributed by atoms with van der Waals surface area (Å²) in [6.45, 7) is 10.0. The highest BCUT2D eigenvalue weighted by atomic mass is 32.1. The van der Waals surface area contributed by atoms with E-state index >= 15 is 0 Å². The fraction of sp³-hybridized carbons (Fsp3) is 0.750. The smallest absolute Gasteiger partial charge is 0.0597 e. The van der Waals surface area contributed by atoms with Gasteiger partial charge in [-0.2, -0.15) is 11.3 Å². The molecular formula is C16H27NOS. The second-order valence-corrected chi connectivity index (χ2v) is 6.60. The molecule has 3 heteroatoms. The zero-order valence-electron chi connectivity index (χ0n) is 12.6. The lowest BCUT2D eigenvalue weighted by Crippen LogP contribution is -2.42. The highest BCUT2D eigenvalue weighted by Gasteiger charge is 2.40. The summed E-state index contributed by atoms with van der Waals surface area (Å²) in [6.07, 6.45) is 3.14. The van der Waals surface area contributed by atoms with Crippen molar-refractivity contribution >= 4 is 11.3 Å². The molecule has 1 N–H and O–H groups in total. The van der Waals surface area contributed by atoms with Crippen LogP contribution in [0.2, 0.25) is 0 Å². The average molecular weight is 281 g/mol. The summed E-state index contributed by atoms with van der Waals surface area (Å²) < 4.78 is 6.01. The molecule has 2 heterocycles. The van der Waals surface area contributed by atoms with Crippen LogP contribution in [0.3, 0.4) is 0 Å². The van der Waals surface area contributed by atoms with Crippen molar-refractivity contribution in [2.24, 2.45) is 11.8 Å². The van der Waals surface area contributed by atoms with E-state index in [1.807, 2.05) is 0 Å². The van der Waals surface area contributed by atoms with E-state index in [0.717, 1.165) is 6.54 Å². The molecule has 1 aliphatic heterocycles. The molecule has 0 saturated carbocycles. The third-order valence-corrected chi connectivity index (χ3v) is 5.31. The first-order chi connectivity index (χ1) is 9.13. The van der Waals surface area contributed by atoms with Gasteiger partial charge in [-0.05, 0) is 61.5 Å². The van der Waals surface area contributed by atoms with Gasteiger partial charge in [-0.3, -0.25) is 0 Å². The second-order valence-electron chi connectivity index (χ2n) is 5.82. The van der Waals surface area contributed by atoms with Gasteiger partial charge in [0.15, 0.2) is 0 Å². The molecule has 1 aliphatic rings. The molecule has 2 rings (SSSR count). The minimum Gasteiger partial charge on any atom is -0.375 e. The molecule has 0 aliphatic carbocycles. The van der Waals surface area contributed by atoms with E-state index in [9.17, 15) is 0 Å². The number of thiophene rings is 1. The second kappa shape index (κ2) is 6.87. The largest absolute Gasteiger partial charge is 0.375 e. The fourth-order valence-corrected chi connectivity index (χ4v) is 4.14. The zero-order valence-corrected chi connectivity index (χ0v) is 13.4. The Kier molecular flexibility index (Phi) is 5.43. The first-order valence-electron chi connectivity index (χ1n) is 7.53. The Morgan fingerprint density at radius 3 is 2.63 bits per heavy atom. The number of hydrogen-bond acceptors (Lipinski definition) is 3. The molecule has 1 aromatic rings. The first kappa shape index (κ1) is 15.0. The van der Waals surface area contributed by atoms with Crippen LogP contribution in [-0.4, -0.2) is 24.8 Å². The van der Waals surface area contributed by atoms with Gasteiger partial charge in [-0.1, -0.05) is 13.8 Å². The monoisotopic (exact) mass is 281 g/mol. The lowest BCUT2D eigenvalue weighted by molar-refractivity contribution is 0.0473. The lowest BCUT2D eigenvalue weighted by atomic mass is 9.81. The van der Waals surface area contributed by atoms with Crippen molar-refractivity contribution in [3.63, 3.8) is 0 Å². The minimum absolute atomic E-state index is 0.372. The Morgan fingerprint density at radius 2 is 2.11 bits per heavy atom. The molecule has 108 valence electrons. The van der Waals surface area contributed by atoms with E-state index in [-0.39, 0.29) is 0 Å². The standard InChI is InChI=1S/C16H27NOS/c1-5-17-15(7-6-14-8-9-19-10-14)16-11(2)12(3)18-13(16)4/h8-13,15-17H,5-7H2,1-4H3. The van der Waals surface area contributed by atoms with E-state index in [2.05, 4.69) is 49.8 Å². The van der Waals surface area contributed by atoms with Crippen LogP contribution in [0.4, 0.5) is 0 Å². The maximum atomic E-state index is 6.01. The Morgan fingerprint density at radius 1 is 1.32 bits per heavy atom. The quantitative estimate of drug-likeness (QED) is 0.858. The van der Waals surface area contributed by atoms with E-state index in [4.69, 9.17) is 4.74 Å². The SMILES string of the molecule is CCNC(CCc1ccsc1)C1C(C)OC(C)C1C. The highest BCUT2D eigenvalue weighted by Crippen LogP contribution is 2.35. The Balaban J connectivity index is 1.98. The van der Waals surface area contributed by atoms with Crippen molar-refractivity contribution in [1.82, 2.24) is 5.32 Å². The Bertz CT molecular complexity index is 365. The molecule has 19 heavy (non-hydrogen) atoms. The number of hydrogen-bond donors (Lipinski definition) is 1. The molecule has 5 unspecified atom stereocenters. The maximum absolute atomic E-state index is 6.01. The van der Waals surface area contributed by atoms with E-state index in [1.165, 1.54) is 18.4 Å². The Hall–Kier alpha value is -0.380. The minimum atomic E-state index is 0.372. The predicted octanol–water partition coefficient (Wildman–Crippen LogP) is 3.72. The molecule has 5 atom stereocenters. The summed E-state index contributed by atoms with van der Waals surface area (Å²) in [5.74, 6) is 1.27. The zero-order chi connectivity index (χ0) is 13.8. The lowest BCUT2D eigenvalue weighted by Gasteiger charge is -2.29. The van der Waals surface area contributed by atoms with Gasteiger partial charge in [-0.15, -0.1) is 0 Å².